The summed E-state index contributed by atoms with van der Waals surface area (Å²) in [5, 5.41) is 166. The molecule has 0 aliphatic heterocycles. The highest BCUT2D eigenvalue weighted by Gasteiger charge is 2.41. The van der Waals surface area contributed by atoms with Crippen LogP contribution in [0.3, 0.4) is 0 Å². The number of carboxylic acid groups (broad SMARTS) is 3. The van der Waals surface area contributed by atoms with Crippen molar-refractivity contribution in [2.24, 2.45) is 17.2 Å². The van der Waals surface area contributed by atoms with E-state index in [-0.39, 0.29) is 0 Å². The van der Waals surface area contributed by atoms with Gasteiger partial charge in [0.2, 0.25) is 17.7 Å². The van der Waals surface area contributed by atoms with Crippen LogP contribution in [-0.2, 0) is 28.8 Å². The quantitative estimate of drug-likeness (QED) is 0.0545. The van der Waals surface area contributed by atoms with E-state index in [9.17, 15) is 28.8 Å². The van der Waals surface area contributed by atoms with Gasteiger partial charge in [-0.2, -0.15) is 0 Å². The number of primary amides is 3. The Bertz CT molecular complexity index is 991. The van der Waals surface area contributed by atoms with Crippen LogP contribution in [0.5, 0.6) is 0 Å². The summed E-state index contributed by atoms with van der Waals surface area (Å²) in [6.45, 7) is -2.41. The van der Waals surface area contributed by atoms with Gasteiger partial charge in [-0.3, -0.25) is 24.0 Å². The van der Waals surface area contributed by atoms with Crippen molar-refractivity contribution in [2.75, 3.05) is 19.8 Å². The number of carbonyl (C=O) groups excluding carboxylic acids is 3. The summed E-state index contributed by atoms with van der Waals surface area (Å²) in [4.78, 5) is 61.4. The maximum Gasteiger partial charge on any atom is 0.336 e. The molecule has 0 spiro atoms. The van der Waals surface area contributed by atoms with E-state index in [1.807, 2.05) is 0 Å². The normalized spacial score (nSPS) is 18.0. The first-order valence-electron chi connectivity index (χ1n) is 13.8. The molecule has 308 valence electrons. The lowest BCUT2D eigenvalue weighted by Crippen LogP contribution is -2.50. The molecule has 0 aliphatic carbocycles. The largest absolute Gasteiger partial charge is 0.481 e. The maximum atomic E-state index is 10.3. The second kappa shape index (κ2) is 26.9. The van der Waals surface area contributed by atoms with Crippen LogP contribution in [0.15, 0.2) is 0 Å². The minimum absolute atomic E-state index is 0.802. The number of carboxylic acids is 3. The van der Waals surface area contributed by atoms with Crippen LogP contribution in [-0.4, -0.2) is 231 Å². The molecule has 28 heteroatoms. The van der Waals surface area contributed by atoms with Gasteiger partial charge in [0, 0.05) is 0 Å². The Kier molecular flexibility index (Phi) is 28.4. The molecule has 28 nitrogen and oxygen atoms in total. The molecule has 0 aliphatic rings. The fraction of sp³-hybridized carbons (Fsp3) is 0.750. The lowest BCUT2D eigenvalue weighted by atomic mass is 9.96. The van der Waals surface area contributed by atoms with Gasteiger partial charge in [0.15, 0.2) is 23.9 Å². The minimum Gasteiger partial charge on any atom is -0.481 e. The molecule has 0 bridgehead atoms. The topological polar surface area (TPSA) is 565 Å². The Morgan fingerprint density at radius 2 is 0.615 bits per heavy atom. The van der Waals surface area contributed by atoms with E-state index in [0.717, 1.165) is 0 Å². The monoisotopic (exact) mass is 777 g/mol. The Morgan fingerprint density at radius 1 is 0.423 bits per heavy atom. The van der Waals surface area contributed by atoms with Crippen molar-refractivity contribution in [3.63, 3.8) is 0 Å². The van der Waals surface area contributed by atoms with E-state index in [0.29, 0.717) is 0 Å². The van der Waals surface area contributed by atoms with Crippen molar-refractivity contribution in [3.8, 4) is 0 Å². The van der Waals surface area contributed by atoms with E-state index in [1.54, 1.807) is 0 Å². The molecule has 25 N–H and O–H groups in total. The summed E-state index contributed by atoms with van der Waals surface area (Å²) in [5.41, 5.74) is 11.1. The standard InChI is InChI=1S/3C6H13NO6.C6H8O7/c3*7-6(13)5(12)4(11)3(10)2(9)1-8;7-3(8)1-6(13,5(11)12)2-4(9)10/h3*2-5,8-12H,1H2,(H2,7,13);13H,1-2H2,(H,7,8)(H,9,10)(H,11,12)/t3*2-,3-,4+,5-;/m111./s1. The first-order chi connectivity index (χ1) is 23.5. The molecule has 12 atom stereocenters. The van der Waals surface area contributed by atoms with Crippen molar-refractivity contribution < 1.29 is 126 Å². The highest BCUT2D eigenvalue weighted by molar-refractivity contribution is 5.88. The number of aliphatic hydroxyl groups excluding tert-OH is 15. The van der Waals surface area contributed by atoms with Gasteiger partial charge >= 0.3 is 17.9 Å². The molecule has 0 saturated carbocycles. The summed E-state index contributed by atoms with van der Waals surface area (Å²) < 4.78 is 0. The Hall–Kier alpha value is -3.82. The Morgan fingerprint density at radius 3 is 0.731 bits per heavy atom. The van der Waals surface area contributed by atoms with E-state index in [2.05, 4.69) is 17.2 Å². The van der Waals surface area contributed by atoms with E-state index in [1.165, 1.54) is 0 Å². The predicted molar refractivity (Wildman–Crippen MR) is 158 cm³/mol. The van der Waals surface area contributed by atoms with Gasteiger partial charge in [-0.15, -0.1) is 0 Å². The molecule has 0 rings (SSSR count). The zero-order chi connectivity index (χ0) is 42.4. The van der Waals surface area contributed by atoms with E-state index < -0.39 is 147 Å². The predicted octanol–water partition coefficient (Wildman–Crippen LogP) is -13.5. The Labute approximate surface area is 290 Å². The highest BCUT2D eigenvalue weighted by Crippen LogP contribution is 2.15. The smallest absolute Gasteiger partial charge is 0.336 e. The maximum absolute atomic E-state index is 10.3. The summed E-state index contributed by atoms with van der Waals surface area (Å²) in [6, 6.07) is 0. The fourth-order valence-corrected chi connectivity index (χ4v) is 2.79. The first kappa shape index (κ1) is 54.9. The molecule has 0 aromatic heterocycles. The average molecular weight is 778 g/mol. The van der Waals surface area contributed by atoms with Gasteiger partial charge in [0.1, 0.15) is 54.9 Å². The zero-order valence-corrected chi connectivity index (χ0v) is 26.6. The molecule has 52 heavy (non-hydrogen) atoms. The summed E-state index contributed by atoms with van der Waals surface area (Å²) in [5.74, 6) is -8.69. The molecule has 0 unspecified atom stereocenters. The third kappa shape index (κ3) is 21.5. The molecular weight excluding hydrogens is 730 g/mol. The van der Waals surface area contributed by atoms with Crippen LogP contribution in [0.4, 0.5) is 0 Å². The van der Waals surface area contributed by atoms with Crippen LogP contribution >= 0.6 is 0 Å². The van der Waals surface area contributed by atoms with Crippen LogP contribution in [0, 0.1) is 0 Å². The molecule has 0 saturated heterocycles. The van der Waals surface area contributed by atoms with Crippen molar-refractivity contribution in [2.45, 2.75) is 91.7 Å². The first-order valence-corrected chi connectivity index (χ1v) is 13.8. The van der Waals surface area contributed by atoms with Gasteiger partial charge in [0.25, 0.3) is 0 Å². The molecular formula is C24H47N3O25. The number of aliphatic hydroxyl groups is 16. The number of hydrogen-bond donors (Lipinski definition) is 22. The minimum atomic E-state index is -2.74. The number of carbonyl (C=O) groups is 6. The van der Waals surface area contributed by atoms with Gasteiger partial charge in [-0.1, -0.05) is 0 Å². The fourth-order valence-electron chi connectivity index (χ4n) is 2.79. The Balaban J connectivity index is -0.000000295. The molecule has 0 fully saturated rings. The van der Waals surface area contributed by atoms with Gasteiger partial charge in [-0.05, 0) is 0 Å². The second-order valence-electron chi connectivity index (χ2n) is 10.2. The lowest BCUT2D eigenvalue weighted by Gasteiger charge is -2.23. The summed E-state index contributed by atoms with van der Waals surface area (Å²) >= 11 is 0. The van der Waals surface area contributed by atoms with Crippen molar-refractivity contribution in [1.29, 1.82) is 0 Å². The van der Waals surface area contributed by atoms with Crippen molar-refractivity contribution >= 4 is 35.6 Å². The van der Waals surface area contributed by atoms with Crippen LogP contribution in [0.1, 0.15) is 12.8 Å². The SMILES string of the molecule is NC(=O)[C@H](O)[C@@H](O)[C@H](O)[C@H](O)CO.NC(=O)[C@H](O)[C@@H](O)[C@H](O)[C@H](O)CO.NC(=O)[C@H](O)[C@@H](O)[C@H](O)[C@H](O)CO.O=C(O)CC(O)(CC(=O)O)C(=O)O. The number of rotatable bonds is 20. The van der Waals surface area contributed by atoms with Crippen LogP contribution < -0.4 is 17.2 Å². The van der Waals surface area contributed by atoms with Crippen LogP contribution in [0.2, 0.25) is 0 Å². The third-order valence-electron chi connectivity index (χ3n) is 5.92. The van der Waals surface area contributed by atoms with E-state index in [4.69, 9.17) is 97.0 Å². The number of hydrogen-bond acceptors (Lipinski definition) is 22. The number of aliphatic carboxylic acids is 3. The summed E-state index contributed by atoms with van der Waals surface area (Å²) in [6.07, 6.45) is -24.4. The molecule has 0 radical (unpaired) electrons. The highest BCUT2D eigenvalue weighted by atomic mass is 16.4. The molecule has 0 aromatic carbocycles. The third-order valence-corrected chi connectivity index (χ3v) is 5.92. The molecule has 3 amide bonds. The van der Waals surface area contributed by atoms with Crippen molar-refractivity contribution in [1.82, 2.24) is 0 Å². The van der Waals surface area contributed by atoms with Gasteiger partial charge < -0.3 is 114 Å². The second-order valence-corrected chi connectivity index (χ2v) is 10.2. The van der Waals surface area contributed by atoms with Gasteiger partial charge in [0.05, 0.1) is 32.7 Å². The molecule has 0 aromatic rings. The number of amides is 3. The number of nitrogens with two attached hydrogens (primary N) is 3. The summed E-state index contributed by atoms with van der Waals surface area (Å²) in [7, 11) is 0. The van der Waals surface area contributed by atoms with Crippen LogP contribution in [0.25, 0.3) is 0 Å². The van der Waals surface area contributed by atoms with Crippen molar-refractivity contribution in [3.05, 3.63) is 0 Å². The molecule has 0 heterocycles. The lowest BCUT2D eigenvalue weighted by molar-refractivity contribution is -0.170. The zero-order valence-electron chi connectivity index (χ0n) is 26.6. The van der Waals surface area contributed by atoms with Gasteiger partial charge in [-0.25, -0.2) is 4.79 Å². The van der Waals surface area contributed by atoms with E-state index >= 15 is 0 Å². The average Bonchev–Trinajstić information content (AvgIpc) is 3.07.